The first-order valence-corrected chi connectivity index (χ1v) is 5.30. The molecule has 0 aromatic carbocycles. The molecule has 1 amide bonds. The van der Waals surface area contributed by atoms with E-state index in [1.54, 1.807) is 19.1 Å². The van der Waals surface area contributed by atoms with E-state index in [1.165, 1.54) is 4.63 Å². The van der Waals surface area contributed by atoms with Gasteiger partial charge in [-0.3, -0.25) is 4.79 Å². The lowest BCUT2D eigenvalue weighted by Gasteiger charge is -2.13. The summed E-state index contributed by atoms with van der Waals surface area (Å²) in [5.74, 6) is 0.467. The molecule has 90 valence electrons. The molecule has 17 heavy (non-hydrogen) atoms. The Labute approximate surface area is 97.4 Å². The molecule has 0 aliphatic heterocycles. The summed E-state index contributed by atoms with van der Waals surface area (Å²) in [6, 6.07) is 3.08. The molecule has 2 aromatic rings. The molecule has 2 heterocycles. The molecular weight excluding hydrogens is 222 g/mol. The van der Waals surface area contributed by atoms with E-state index in [9.17, 15) is 4.79 Å². The molecule has 0 saturated heterocycles. The van der Waals surface area contributed by atoms with Crippen LogP contribution in [0.25, 0.3) is 5.65 Å². The molecule has 0 aliphatic rings. The minimum Gasteiger partial charge on any atom is -0.357 e. The van der Waals surface area contributed by atoms with Gasteiger partial charge >= 0.3 is 0 Å². The Morgan fingerprint density at radius 3 is 3.12 bits per heavy atom. The maximum Gasteiger partial charge on any atom is 0.242 e. The summed E-state index contributed by atoms with van der Waals surface area (Å²) < 4.78 is 1.30. The van der Waals surface area contributed by atoms with Crippen LogP contribution in [0, 0.1) is 0 Å². The second-order valence-electron chi connectivity index (χ2n) is 3.51. The molecule has 8 nitrogen and oxygen atoms in total. The van der Waals surface area contributed by atoms with Gasteiger partial charge in [0, 0.05) is 6.54 Å². The third kappa shape index (κ3) is 2.47. The van der Waals surface area contributed by atoms with Gasteiger partial charge in [-0.1, -0.05) is 0 Å². The summed E-state index contributed by atoms with van der Waals surface area (Å²) in [4.78, 5) is 11.5. The zero-order chi connectivity index (χ0) is 12.3. The Hall–Kier alpha value is -2.25. The van der Waals surface area contributed by atoms with E-state index in [0.717, 1.165) is 0 Å². The number of nitrogens with zero attached hydrogens (tertiary/aromatic N) is 5. The molecule has 2 N–H and O–H groups in total. The van der Waals surface area contributed by atoms with Crippen molar-refractivity contribution in [3.8, 4) is 0 Å². The smallest absolute Gasteiger partial charge is 0.242 e. The Kier molecular flexibility index (Phi) is 3.12. The molecule has 0 radical (unpaired) electrons. The summed E-state index contributed by atoms with van der Waals surface area (Å²) in [5.41, 5.74) is 0.557. The minimum absolute atomic E-state index is 0.0777. The molecule has 0 bridgehead atoms. The molecule has 2 aromatic heterocycles. The molecular formula is C9H13N7O. The van der Waals surface area contributed by atoms with Crippen LogP contribution >= 0.6 is 0 Å². The van der Waals surface area contributed by atoms with Crippen LogP contribution in [0.2, 0.25) is 0 Å². The second kappa shape index (κ2) is 4.73. The van der Waals surface area contributed by atoms with E-state index in [0.29, 0.717) is 18.0 Å². The zero-order valence-electron chi connectivity index (χ0n) is 9.58. The number of carbonyl (C=O) groups excluding carboxylic acids is 1. The number of hydrogen-bond acceptors (Lipinski definition) is 6. The summed E-state index contributed by atoms with van der Waals surface area (Å²) in [7, 11) is 0. The van der Waals surface area contributed by atoms with Crippen LogP contribution in [0.3, 0.4) is 0 Å². The third-order valence-corrected chi connectivity index (χ3v) is 2.18. The summed E-state index contributed by atoms with van der Waals surface area (Å²) in [6.45, 7) is 4.23. The van der Waals surface area contributed by atoms with Crippen molar-refractivity contribution in [3.63, 3.8) is 0 Å². The number of carbonyl (C=O) groups is 1. The van der Waals surface area contributed by atoms with E-state index in [4.69, 9.17) is 0 Å². The lowest BCUT2D eigenvalue weighted by Crippen LogP contribution is -2.37. The predicted molar refractivity (Wildman–Crippen MR) is 60.3 cm³/mol. The first-order chi connectivity index (χ1) is 8.20. The molecule has 1 unspecified atom stereocenters. The molecule has 0 fully saturated rings. The minimum atomic E-state index is -0.364. The van der Waals surface area contributed by atoms with Crippen LogP contribution in [0.4, 0.5) is 5.82 Å². The molecule has 8 heteroatoms. The van der Waals surface area contributed by atoms with Crippen LogP contribution in [-0.4, -0.2) is 43.7 Å². The van der Waals surface area contributed by atoms with Crippen LogP contribution in [-0.2, 0) is 4.79 Å². The van der Waals surface area contributed by atoms with E-state index >= 15 is 0 Å². The fourth-order valence-corrected chi connectivity index (χ4v) is 1.34. The topological polar surface area (TPSA) is 97.1 Å². The van der Waals surface area contributed by atoms with Crippen molar-refractivity contribution in [1.29, 1.82) is 0 Å². The Balaban J connectivity index is 2.09. The SMILES string of the molecule is CCNC(=O)C(C)Nc1ccc2nnnn2n1. The van der Waals surface area contributed by atoms with Crippen molar-refractivity contribution < 1.29 is 4.79 Å². The highest BCUT2D eigenvalue weighted by atomic mass is 16.2. The van der Waals surface area contributed by atoms with Crippen molar-refractivity contribution in [3.05, 3.63) is 12.1 Å². The molecule has 1 atom stereocenters. The van der Waals surface area contributed by atoms with Gasteiger partial charge in [0.25, 0.3) is 0 Å². The molecule has 0 aliphatic carbocycles. The van der Waals surface area contributed by atoms with Gasteiger partial charge in [0.1, 0.15) is 11.9 Å². The van der Waals surface area contributed by atoms with Crippen molar-refractivity contribution in [2.75, 3.05) is 11.9 Å². The highest BCUT2D eigenvalue weighted by Crippen LogP contribution is 2.04. The van der Waals surface area contributed by atoms with Crippen molar-refractivity contribution in [2.45, 2.75) is 19.9 Å². The first kappa shape index (κ1) is 11.2. The Morgan fingerprint density at radius 2 is 2.35 bits per heavy atom. The quantitative estimate of drug-likeness (QED) is 0.738. The Bertz CT molecular complexity index is 523. The van der Waals surface area contributed by atoms with Crippen molar-refractivity contribution in [1.82, 2.24) is 30.6 Å². The standard InChI is InChI=1S/C9H13N7O/c1-3-10-9(17)6(2)11-7-4-5-8-12-14-15-16(8)13-7/h4-6H,3H2,1-2H3,(H,10,17)(H,11,13). The zero-order valence-corrected chi connectivity index (χ0v) is 9.58. The maximum absolute atomic E-state index is 11.5. The average molecular weight is 235 g/mol. The monoisotopic (exact) mass is 235 g/mol. The maximum atomic E-state index is 11.5. The summed E-state index contributed by atoms with van der Waals surface area (Å²) in [6.07, 6.45) is 0. The van der Waals surface area contributed by atoms with Crippen LogP contribution in [0.15, 0.2) is 12.1 Å². The molecule has 2 rings (SSSR count). The van der Waals surface area contributed by atoms with E-state index in [2.05, 4.69) is 31.3 Å². The first-order valence-electron chi connectivity index (χ1n) is 5.30. The van der Waals surface area contributed by atoms with Gasteiger partial charge in [-0.05, 0) is 36.4 Å². The van der Waals surface area contributed by atoms with Gasteiger partial charge in [-0.25, -0.2) is 0 Å². The lowest BCUT2D eigenvalue weighted by atomic mass is 10.3. The third-order valence-electron chi connectivity index (χ3n) is 2.18. The number of hydrogen-bond donors (Lipinski definition) is 2. The highest BCUT2D eigenvalue weighted by Gasteiger charge is 2.12. The second-order valence-corrected chi connectivity index (χ2v) is 3.51. The number of likely N-dealkylation sites (N-methyl/N-ethyl adjacent to an activating group) is 1. The van der Waals surface area contributed by atoms with Gasteiger partial charge in [0.05, 0.1) is 0 Å². The molecule has 0 saturated carbocycles. The fraction of sp³-hybridized carbons (Fsp3) is 0.444. The van der Waals surface area contributed by atoms with Crippen LogP contribution < -0.4 is 10.6 Å². The van der Waals surface area contributed by atoms with Crippen molar-refractivity contribution >= 4 is 17.4 Å². The lowest BCUT2D eigenvalue weighted by molar-refractivity contribution is -0.121. The number of tetrazole rings is 1. The van der Waals surface area contributed by atoms with Gasteiger partial charge < -0.3 is 10.6 Å². The van der Waals surface area contributed by atoms with Gasteiger partial charge in [-0.2, -0.15) is 0 Å². The average Bonchev–Trinajstić information content (AvgIpc) is 2.76. The van der Waals surface area contributed by atoms with E-state index < -0.39 is 0 Å². The summed E-state index contributed by atoms with van der Waals surface area (Å²) >= 11 is 0. The fourth-order valence-electron chi connectivity index (χ4n) is 1.34. The summed E-state index contributed by atoms with van der Waals surface area (Å²) in [5, 5.41) is 20.7. The largest absolute Gasteiger partial charge is 0.357 e. The number of rotatable bonds is 4. The highest BCUT2D eigenvalue weighted by molar-refractivity contribution is 5.83. The molecule has 0 spiro atoms. The number of aromatic nitrogens is 5. The normalized spacial score (nSPS) is 12.4. The number of anilines is 1. The van der Waals surface area contributed by atoms with Crippen LogP contribution in [0.1, 0.15) is 13.8 Å². The van der Waals surface area contributed by atoms with E-state index in [1.807, 2.05) is 6.92 Å². The predicted octanol–water partition coefficient (Wildman–Crippen LogP) is -0.544. The van der Waals surface area contributed by atoms with Gasteiger partial charge in [0.2, 0.25) is 5.91 Å². The van der Waals surface area contributed by atoms with E-state index in [-0.39, 0.29) is 11.9 Å². The van der Waals surface area contributed by atoms with Crippen LogP contribution in [0.5, 0.6) is 0 Å². The van der Waals surface area contributed by atoms with Crippen molar-refractivity contribution in [2.24, 2.45) is 0 Å². The number of amides is 1. The number of nitrogens with one attached hydrogen (secondary N) is 2. The Morgan fingerprint density at radius 1 is 1.53 bits per heavy atom. The van der Waals surface area contributed by atoms with Gasteiger partial charge in [-0.15, -0.1) is 14.8 Å². The number of fused-ring (bicyclic) bond motifs is 1. The van der Waals surface area contributed by atoms with Gasteiger partial charge in [0.15, 0.2) is 5.65 Å².